The number of aryl methyl sites for hydroxylation is 1. The number of benzene rings is 2. The number of aliphatic hydroxyl groups is 1. The zero-order valence-corrected chi connectivity index (χ0v) is 17.1. The molecule has 2 N–H and O–H groups in total. The third-order valence-electron chi connectivity index (χ3n) is 5.59. The van der Waals surface area contributed by atoms with Gasteiger partial charge in [-0.25, -0.2) is 13.2 Å². The maximum atomic E-state index is 14.6. The molecule has 1 amide bonds. The van der Waals surface area contributed by atoms with Gasteiger partial charge < -0.3 is 20.1 Å². The Labute approximate surface area is 178 Å². The predicted octanol–water partition coefficient (Wildman–Crippen LogP) is 2.68. The zero-order valence-electron chi connectivity index (χ0n) is 17.1. The van der Waals surface area contributed by atoms with Crippen LogP contribution in [0.4, 0.5) is 24.5 Å². The first kappa shape index (κ1) is 21.6. The van der Waals surface area contributed by atoms with E-state index in [1.165, 1.54) is 17.0 Å². The van der Waals surface area contributed by atoms with Gasteiger partial charge in [-0.2, -0.15) is 0 Å². The normalized spacial score (nSPS) is 18.5. The van der Waals surface area contributed by atoms with Crippen molar-refractivity contribution < 1.29 is 27.8 Å². The first-order valence-electron chi connectivity index (χ1n) is 10.1. The highest BCUT2D eigenvalue weighted by molar-refractivity contribution is 6.01. The van der Waals surface area contributed by atoms with Crippen molar-refractivity contribution >= 4 is 17.3 Å². The second-order valence-corrected chi connectivity index (χ2v) is 8.17. The molecular weight excluding hydrogens is 411 g/mol. The van der Waals surface area contributed by atoms with E-state index in [1.54, 1.807) is 13.0 Å². The minimum atomic E-state index is -1.27. The van der Waals surface area contributed by atoms with E-state index in [9.17, 15) is 23.1 Å². The van der Waals surface area contributed by atoms with Gasteiger partial charge in [0, 0.05) is 19.6 Å². The monoisotopic (exact) mass is 435 g/mol. The molecule has 0 atom stereocenters. The number of ether oxygens (including phenoxy) is 1. The van der Waals surface area contributed by atoms with Crippen LogP contribution in [0.3, 0.4) is 0 Å². The molecule has 0 unspecified atom stereocenters. The first-order chi connectivity index (χ1) is 14.8. The number of amides is 1. The van der Waals surface area contributed by atoms with E-state index in [1.807, 2.05) is 0 Å². The van der Waals surface area contributed by atoms with Crippen LogP contribution < -0.4 is 5.32 Å². The molecule has 31 heavy (non-hydrogen) atoms. The lowest BCUT2D eigenvalue weighted by atomic mass is 9.92. The highest BCUT2D eigenvalue weighted by atomic mass is 19.2. The molecule has 166 valence electrons. The number of anilines is 2. The van der Waals surface area contributed by atoms with Gasteiger partial charge in [-0.3, -0.25) is 9.69 Å². The minimum Gasteiger partial charge on any atom is -0.385 e. The molecule has 4 rings (SSSR count). The van der Waals surface area contributed by atoms with Gasteiger partial charge in [0.2, 0.25) is 0 Å². The number of carbonyl (C=O) groups is 1. The third-order valence-corrected chi connectivity index (χ3v) is 5.59. The number of β-amino-alcohol motifs (C(OH)–C–C–N with tert-alkyl or cyclic N) is 1. The van der Waals surface area contributed by atoms with Crippen molar-refractivity contribution in [1.82, 2.24) is 9.80 Å². The lowest BCUT2D eigenvalue weighted by Crippen LogP contribution is -2.68. The Morgan fingerprint density at radius 1 is 1.13 bits per heavy atom. The molecule has 2 heterocycles. The number of morpholine rings is 1. The van der Waals surface area contributed by atoms with Crippen LogP contribution in [0, 0.1) is 24.4 Å². The fourth-order valence-electron chi connectivity index (χ4n) is 3.96. The molecular formula is C22H24F3N3O3. The molecule has 0 radical (unpaired) electrons. The molecule has 2 saturated heterocycles. The van der Waals surface area contributed by atoms with Crippen LogP contribution in [0.15, 0.2) is 30.3 Å². The molecule has 0 aromatic heterocycles. The number of nitrogens with one attached hydrogen (secondary N) is 1. The second kappa shape index (κ2) is 8.49. The fourth-order valence-corrected chi connectivity index (χ4v) is 3.96. The van der Waals surface area contributed by atoms with Crippen molar-refractivity contribution in [3.63, 3.8) is 0 Å². The van der Waals surface area contributed by atoms with E-state index < -0.39 is 34.6 Å². The molecule has 2 aliphatic heterocycles. The maximum absolute atomic E-state index is 14.6. The summed E-state index contributed by atoms with van der Waals surface area (Å²) >= 11 is 0. The second-order valence-electron chi connectivity index (χ2n) is 8.17. The van der Waals surface area contributed by atoms with Crippen LogP contribution in [0.2, 0.25) is 0 Å². The summed E-state index contributed by atoms with van der Waals surface area (Å²) < 4.78 is 48.0. The Hall–Kier alpha value is -2.62. The van der Waals surface area contributed by atoms with Crippen molar-refractivity contribution in [2.45, 2.75) is 12.5 Å². The van der Waals surface area contributed by atoms with Gasteiger partial charge in [-0.15, -0.1) is 0 Å². The summed E-state index contributed by atoms with van der Waals surface area (Å²) in [5.74, 6) is -3.64. The molecule has 0 spiro atoms. The van der Waals surface area contributed by atoms with Gasteiger partial charge in [0.1, 0.15) is 11.4 Å². The highest BCUT2D eigenvalue weighted by Gasteiger charge is 2.45. The molecule has 0 saturated carbocycles. The Morgan fingerprint density at radius 2 is 1.84 bits per heavy atom. The molecule has 2 aromatic carbocycles. The summed E-state index contributed by atoms with van der Waals surface area (Å²) in [6, 6.07) is 6.29. The predicted molar refractivity (Wildman–Crippen MR) is 109 cm³/mol. The van der Waals surface area contributed by atoms with Crippen molar-refractivity contribution in [3.8, 4) is 0 Å². The average Bonchev–Trinajstić information content (AvgIpc) is 2.71. The van der Waals surface area contributed by atoms with Crippen molar-refractivity contribution in [2.75, 3.05) is 51.3 Å². The van der Waals surface area contributed by atoms with E-state index in [2.05, 4.69) is 10.2 Å². The Morgan fingerprint density at radius 3 is 2.52 bits per heavy atom. The van der Waals surface area contributed by atoms with Crippen LogP contribution in [0.1, 0.15) is 15.9 Å². The Kier molecular flexibility index (Phi) is 5.92. The van der Waals surface area contributed by atoms with Crippen molar-refractivity contribution in [1.29, 1.82) is 0 Å². The zero-order chi connectivity index (χ0) is 22.2. The Bertz CT molecular complexity index is 989. The number of nitrogens with zero attached hydrogens (tertiary/aromatic N) is 2. The van der Waals surface area contributed by atoms with Crippen LogP contribution in [0.5, 0.6) is 0 Å². The SMILES string of the molecule is Cc1ccc(Nc2c(C(=O)N3CC(O)(CN4CCOCC4)C3)ccc(F)c2F)c(F)c1. The summed E-state index contributed by atoms with van der Waals surface area (Å²) in [7, 11) is 0. The molecule has 0 bridgehead atoms. The van der Waals surface area contributed by atoms with Crippen molar-refractivity contribution in [2.24, 2.45) is 0 Å². The lowest BCUT2D eigenvalue weighted by molar-refractivity contribution is -0.107. The molecule has 2 aromatic rings. The van der Waals surface area contributed by atoms with Gasteiger partial charge in [0.05, 0.1) is 43.2 Å². The van der Waals surface area contributed by atoms with Gasteiger partial charge in [-0.05, 0) is 36.8 Å². The number of carbonyl (C=O) groups excluding carboxylic acids is 1. The number of hydrogen-bond donors (Lipinski definition) is 2. The van der Waals surface area contributed by atoms with E-state index >= 15 is 0 Å². The number of likely N-dealkylation sites (tertiary alicyclic amines) is 1. The van der Waals surface area contributed by atoms with Crippen LogP contribution in [-0.4, -0.2) is 72.4 Å². The fraction of sp³-hybridized carbons (Fsp3) is 0.409. The first-order valence-corrected chi connectivity index (χ1v) is 10.1. The summed E-state index contributed by atoms with van der Waals surface area (Å²) in [6.07, 6.45) is 0. The van der Waals surface area contributed by atoms with E-state index in [4.69, 9.17) is 4.74 Å². The largest absolute Gasteiger partial charge is 0.385 e. The standard InChI is InChI=1S/C22H24F3N3O3/c1-14-2-5-18(17(24)10-14)26-20-15(3-4-16(23)19(20)25)21(29)28-12-22(30,13-28)11-27-6-8-31-9-7-27/h2-5,10,26,30H,6-9,11-13H2,1H3. The highest BCUT2D eigenvalue weighted by Crippen LogP contribution is 2.32. The summed E-state index contributed by atoms with van der Waals surface area (Å²) in [5, 5.41) is 13.2. The summed E-state index contributed by atoms with van der Waals surface area (Å²) in [4.78, 5) is 16.4. The van der Waals surface area contributed by atoms with Gasteiger partial charge in [-0.1, -0.05) is 6.07 Å². The van der Waals surface area contributed by atoms with Gasteiger partial charge >= 0.3 is 0 Å². The topological polar surface area (TPSA) is 65.0 Å². The smallest absolute Gasteiger partial charge is 0.256 e. The quantitative estimate of drug-likeness (QED) is 0.756. The molecule has 2 fully saturated rings. The number of rotatable bonds is 5. The molecule has 6 nitrogen and oxygen atoms in total. The Balaban J connectivity index is 1.51. The number of halogens is 3. The van der Waals surface area contributed by atoms with E-state index in [0.717, 1.165) is 12.1 Å². The molecule has 9 heteroatoms. The van der Waals surface area contributed by atoms with Gasteiger partial charge in [0.25, 0.3) is 5.91 Å². The van der Waals surface area contributed by atoms with Crippen molar-refractivity contribution in [3.05, 3.63) is 58.9 Å². The lowest BCUT2D eigenvalue weighted by Gasteiger charge is -2.49. The van der Waals surface area contributed by atoms with E-state index in [0.29, 0.717) is 38.4 Å². The van der Waals surface area contributed by atoms with E-state index in [-0.39, 0.29) is 24.3 Å². The minimum absolute atomic E-state index is 0.0700. The molecule has 0 aliphatic carbocycles. The summed E-state index contributed by atoms with van der Waals surface area (Å²) in [5.41, 5.74) is -1.04. The number of hydrogen-bond acceptors (Lipinski definition) is 5. The average molecular weight is 435 g/mol. The maximum Gasteiger partial charge on any atom is 0.256 e. The third kappa shape index (κ3) is 4.53. The van der Waals surface area contributed by atoms with Gasteiger partial charge in [0.15, 0.2) is 11.6 Å². The summed E-state index contributed by atoms with van der Waals surface area (Å²) in [6.45, 7) is 4.84. The molecule has 2 aliphatic rings. The van der Waals surface area contributed by atoms with Crippen LogP contribution >= 0.6 is 0 Å². The van der Waals surface area contributed by atoms with Crippen LogP contribution in [0.25, 0.3) is 0 Å². The van der Waals surface area contributed by atoms with Crippen LogP contribution in [-0.2, 0) is 4.74 Å².